The number of anilines is 1. The number of pyridine rings is 1. The predicted molar refractivity (Wildman–Crippen MR) is 110 cm³/mol. The number of hydrogen-bond donors (Lipinski definition) is 1. The first-order valence-electron chi connectivity index (χ1n) is 8.70. The van der Waals surface area contributed by atoms with Gasteiger partial charge in [0.1, 0.15) is 11.3 Å². The summed E-state index contributed by atoms with van der Waals surface area (Å²) >= 11 is 1.63. The van der Waals surface area contributed by atoms with Crippen molar-refractivity contribution in [3.05, 3.63) is 89.9 Å². The second-order valence-electron chi connectivity index (χ2n) is 6.35. The molecule has 0 unspecified atom stereocenters. The Morgan fingerprint density at radius 2 is 1.70 bits per heavy atom. The number of carbonyl (C=O) groups is 1. The van der Waals surface area contributed by atoms with E-state index in [0.717, 1.165) is 26.7 Å². The summed E-state index contributed by atoms with van der Waals surface area (Å²) in [7, 11) is 0. The second kappa shape index (κ2) is 7.29. The van der Waals surface area contributed by atoms with Crippen molar-refractivity contribution in [2.75, 3.05) is 5.32 Å². The molecule has 27 heavy (non-hydrogen) atoms. The first kappa shape index (κ1) is 17.4. The predicted octanol–water partition coefficient (Wildman–Crippen LogP) is 5.35. The van der Waals surface area contributed by atoms with Crippen molar-refractivity contribution < 1.29 is 4.79 Å². The molecule has 0 aliphatic carbocycles. The minimum atomic E-state index is -0.160. The molecular formula is C22H19N3OS. The Morgan fingerprint density at radius 1 is 0.963 bits per heavy atom. The second-order valence-corrected chi connectivity index (χ2v) is 7.46. The van der Waals surface area contributed by atoms with Crippen LogP contribution in [0, 0.1) is 13.8 Å². The van der Waals surface area contributed by atoms with E-state index in [9.17, 15) is 4.79 Å². The van der Waals surface area contributed by atoms with E-state index in [-0.39, 0.29) is 5.91 Å². The third-order valence-electron chi connectivity index (χ3n) is 4.26. The number of rotatable bonds is 4. The number of aromatic nitrogens is 2. The largest absolute Gasteiger partial charge is 0.320 e. The van der Waals surface area contributed by atoms with Crippen LogP contribution < -0.4 is 5.32 Å². The van der Waals surface area contributed by atoms with Gasteiger partial charge in [-0.2, -0.15) is 0 Å². The molecular weight excluding hydrogens is 354 g/mol. The molecule has 2 aromatic heterocycles. The van der Waals surface area contributed by atoms with Crippen molar-refractivity contribution in [1.82, 2.24) is 9.38 Å². The van der Waals surface area contributed by atoms with Gasteiger partial charge in [0.15, 0.2) is 0 Å². The molecule has 0 aliphatic rings. The van der Waals surface area contributed by atoms with Crippen LogP contribution in [-0.4, -0.2) is 15.3 Å². The minimum Gasteiger partial charge on any atom is -0.320 e. The summed E-state index contributed by atoms with van der Waals surface area (Å²) in [5, 5.41) is 3.07. The van der Waals surface area contributed by atoms with Crippen LogP contribution >= 0.6 is 11.8 Å². The highest BCUT2D eigenvalue weighted by Gasteiger charge is 2.18. The van der Waals surface area contributed by atoms with Gasteiger partial charge < -0.3 is 5.32 Å². The smallest absolute Gasteiger partial charge is 0.274 e. The van der Waals surface area contributed by atoms with Gasteiger partial charge in [0.2, 0.25) is 0 Å². The van der Waals surface area contributed by atoms with Crippen LogP contribution in [-0.2, 0) is 0 Å². The maximum atomic E-state index is 13.0. The monoisotopic (exact) mass is 373 g/mol. The average molecular weight is 373 g/mol. The van der Waals surface area contributed by atoms with Crippen molar-refractivity contribution in [3.63, 3.8) is 0 Å². The van der Waals surface area contributed by atoms with Crippen LogP contribution in [0.4, 0.5) is 5.69 Å². The Kier molecular flexibility index (Phi) is 4.69. The van der Waals surface area contributed by atoms with Gasteiger partial charge >= 0.3 is 0 Å². The summed E-state index contributed by atoms with van der Waals surface area (Å²) in [6.45, 7) is 3.87. The van der Waals surface area contributed by atoms with E-state index in [1.807, 2.05) is 79.0 Å². The molecule has 2 heterocycles. The molecule has 0 bridgehead atoms. The summed E-state index contributed by atoms with van der Waals surface area (Å²) in [5.74, 6) is -0.160. The topological polar surface area (TPSA) is 46.4 Å². The number of imidazole rings is 1. The van der Waals surface area contributed by atoms with Crippen LogP contribution in [0.2, 0.25) is 0 Å². The number of para-hydroxylation sites is 1. The standard InChI is InChI=1S/C22H19N3OS/c1-15-12-13-20-23-16(2)21(25(20)14-15)22(26)24-18-10-6-7-11-19(18)27-17-8-4-3-5-9-17/h3-14H,1-2H3,(H,24,26). The summed E-state index contributed by atoms with van der Waals surface area (Å²) in [4.78, 5) is 19.7. The molecule has 0 fully saturated rings. The van der Waals surface area contributed by atoms with Crippen molar-refractivity contribution in [3.8, 4) is 0 Å². The molecule has 2 aromatic carbocycles. The number of benzene rings is 2. The lowest BCUT2D eigenvalue weighted by atomic mass is 10.2. The zero-order valence-corrected chi connectivity index (χ0v) is 16.0. The van der Waals surface area contributed by atoms with Gasteiger partial charge in [-0.25, -0.2) is 4.98 Å². The van der Waals surface area contributed by atoms with E-state index in [2.05, 4.69) is 22.4 Å². The van der Waals surface area contributed by atoms with Gasteiger partial charge in [-0.1, -0.05) is 48.2 Å². The number of nitrogens with one attached hydrogen (secondary N) is 1. The summed E-state index contributed by atoms with van der Waals surface area (Å²) in [6, 6.07) is 21.9. The molecule has 134 valence electrons. The number of carbonyl (C=O) groups excluding carboxylic acids is 1. The lowest BCUT2D eigenvalue weighted by Gasteiger charge is -2.11. The van der Waals surface area contributed by atoms with Crippen LogP contribution in [0.1, 0.15) is 21.7 Å². The number of aryl methyl sites for hydroxylation is 2. The van der Waals surface area contributed by atoms with Crippen LogP contribution in [0.3, 0.4) is 0 Å². The van der Waals surface area contributed by atoms with Gasteiger partial charge in [0, 0.05) is 16.0 Å². The third kappa shape index (κ3) is 3.59. The molecule has 0 saturated heterocycles. The number of amides is 1. The zero-order valence-electron chi connectivity index (χ0n) is 15.1. The van der Waals surface area contributed by atoms with E-state index in [4.69, 9.17) is 0 Å². The Hall–Kier alpha value is -3.05. The van der Waals surface area contributed by atoms with E-state index in [1.165, 1.54) is 0 Å². The fraction of sp³-hybridized carbons (Fsp3) is 0.0909. The molecule has 0 spiro atoms. The fourth-order valence-corrected chi connectivity index (χ4v) is 3.92. The van der Waals surface area contributed by atoms with Crippen LogP contribution in [0.25, 0.3) is 5.65 Å². The van der Waals surface area contributed by atoms with Crippen molar-refractivity contribution in [2.24, 2.45) is 0 Å². The molecule has 1 N–H and O–H groups in total. The highest BCUT2D eigenvalue weighted by atomic mass is 32.2. The number of fused-ring (bicyclic) bond motifs is 1. The minimum absolute atomic E-state index is 0.160. The zero-order chi connectivity index (χ0) is 18.8. The molecule has 0 saturated carbocycles. The Morgan fingerprint density at radius 3 is 2.52 bits per heavy atom. The summed E-state index contributed by atoms with van der Waals surface area (Å²) in [5.41, 5.74) is 3.92. The maximum absolute atomic E-state index is 13.0. The molecule has 4 rings (SSSR count). The van der Waals surface area contributed by atoms with Gasteiger partial charge in [-0.05, 0) is 49.7 Å². The molecule has 0 atom stereocenters. The van der Waals surface area contributed by atoms with Crippen LogP contribution in [0.5, 0.6) is 0 Å². The molecule has 4 aromatic rings. The van der Waals surface area contributed by atoms with E-state index in [1.54, 1.807) is 11.8 Å². The van der Waals surface area contributed by atoms with E-state index >= 15 is 0 Å². The molecule has 0 radical (unpaired) electrons. The Labute approximate surface area is 162 Å². The average Bonchev–Trinajstić information content (AvgIpc) is 2.99. The molecule has 0 aliphatic heterocycles. The quantitative estimate of drug-likeness (QED) is 0.524. The molecule has 5 heteroatoms. The first-order chi connectivity index (χ1) is 13.1. The Balaban J connectivity index is 1.66. The van der Waals surface area contributed by atoms with Gasteiger partial charge in [0.05, 0.1) is 11.4 Å². The Bertz CT molecular complexity index is 1120. The summed E-state index contributed by atoms with van der Waals surface area (Å²) in [6.07, 6.45) is 1.94. The van der Waals surface area contributed by atoms with Crippen LogP contribution in [0.15, 0.2) is 82.7 Å². The number of nitrogens with zero attached hydrogens (tertiary/aromatic N) is 2. The third-order valence-corrected chi connectivity index (χ3v) is 5.35. The number of hydrogen-bond acceptors (Lipinski definition) is 3. The van der Waals surface area contributed by atoms with Crippen molar-refractivity contribution in [1.29, 1.82) is 0 Å². The lowest BCUT2D eigenvalue weighted by molar-refractivity contribution is 0.102. The highest BCUT2D eigenvalue weighted by Crippen LogP contribution is 2.33. The normalized spacial score (nSPS) is 10.9. The van der Waals surface area contributed by atoms with E-state index < -0.39 is 0 Å². The summed E-state index contributed by atoms with van der Waals surface area (Å²) < 4.78 is 1.85. The van der Waals surface area contributed by atoms with E-state index in [0.29, 0.717) is 11.4 Å². The van der Waals surface area contributed by atoms with Crippen molar-refractivity contribution >= 4 is 29.0 Å². The lowest BCUT2D eigenvalue weighted by Crippen LogP contribution is -2.16. The molecule has 4 nitrogen and oxygen atoms in total. The molecule has 1 amide bonds. The highest BCUT2D eigenvalue weighted by molar-refractivity contribution is 7.99. The van der Waals surface area contributed by atoms with Crippen molar-refractivity contribution in [2.45, 2.75) is 23.6 Å². The SMILES string of the molecule is Cc1ccc2nc(C)c(C(=O)Nc3ccccc3Sc3ccccc3)n2c1. The maximum Gasteiger partial charge on any atom is 0.274 e. The fourth-order valence-electron chi connectivity index (χ4n) is 3.00. The first-order valence-corrected chi connectivity index (χ1v) is 9.52. The van der Waals surface area contributed by atoms with Gasteiger partial charge in [-0.3, -0.25) is 9.20 Å². The van der Waals surface area contributed by atoms with Gasteiger partial charge in [0.25, 0.3) is 5.91 Å². The van der Waals surface area contributed by atoms with Gasteiger partial charge in [-0.15, -0.1) is 0 Å².